The zero-order valence-electron chi connectivity index (χ0n) is 11.4. The number of anilines is 1. The molecular formula is C15H16N2O4. The minimum absolute atomic E-state index is 0.0624. The average Bonchev–Trinajstić information content (AvgIpc) is 2.69. The lowest BCUT2D eigenvalue weighted by Crippen LogP contribution is -2.48. The van der Waals surface area contributed by atoms with E-state index < -0.39 is 18.0 Å². The minimum Gasteiger partial charge on any atom is -0.491 e. The number of carbonyl (C=O) groups excluding carboxylic acids is 1. The van der Waals surface area contributed by atoms with Gasteiger partial charge in [-0.3, -0.25) is 4.90 Å². The van der Waals surface area contributed by atoms with E-state index in [0.29, 0.717) is 31.0 Å². The molecule has 0 radical (unpaired) electrons. The lowest BCUT2D eigenvalue weighted by Gasteiger charge is -2.23. The van der Waals surface area contributed by atoms with Gasteiger partial charge in [0.05, 0.1) is 12.3 Å². The molecule has 1 heterocycles. The van der Waals surface area contributed by atoms with E-state index in [1.807, 2.05) is 6.07 Å². The highest BCUT2D eigenvalue weighted by molar-refractivity contribution is 5.96. The zero-order valence-corrected chi connectivity index (χ0v) is 11.4. The summed E-state index contributed by atoms with van der Waals surface area (Å²) < 4.78 is 5.56. The van der Waals surface area contributed by atoms with E-state index in [1.165, 1.54) is 4.90 Å². The number of aliphatic carboxylic acids is 1. The van der Waals surface area contributed by atoms with Crippen molar-refractivity contribution in [3.8, 4) is 18.1 Å². The summed E-state index contributed by atoms with van der Waals surface area (Å²) in [6.45, 7) is 0.957. The number of carbonyl (C=O) groups is 2. The first-order valence-electron chi connectivity index (χ1n) is 6.59. The molecular weight excluding hydrogens is 272 g/mol. The highest BCUT2D eigenvalue weighted by Gasteiger charge is 2.26. The quantitative estimate of drug-likeness (QED) is 0.825. The number of nitrogens with one attached hydrogen (secondary N) is 1. The van der Waals surface area contributed by atoms with Crippen LogP contribution in [0.3, 0.4) is 0 Å². The average molecular weight is 288 g/mol. The van der Waals surface area contributed by atoms with E-state index in [1.54, 1.807) is 18.2 Å². The van der Waals surface area contributed by atoms with Crippen LogP contribution in [0, 0.1) is 12.3 Å². The fraction of sp³-hybridized carbons (Fsp3) is 0.333. The van der Waals surface area contributed by atoms with Crippen LogP contribution in [0.1, 0.15) is 12.8 Å². The van der Waals surface area contributed by atoms with Crippen molar-refractivity contribution in [2.24, 2.45) is 0 Å². The number of nitrogens with zero attached hydrogens (tertiary/aromatic N) is 1. The van der Waals surface area contributed by atoms with Crippen molar-refractivity contribution >= 4 is 17.7 Å². The van der Waals surface area contributed by atoms with Gasteiger partial charge in [0, 0.05) is 13.0 Å². The van der Waals surface area contributed by atoms with Gasteiger partial charge < -0.3 is 15.2 Å². The zero-order chi connectivity index (χ0) is 15.2. The summed E-state index contributed by atoms with van der Waals surface area (Å²) in [6, 6.07) is 5.56. The van der Waals surface area contributed by atoms with Crippen molar-refractivity contribution in [1.29, 1.82) is 0 Å². The summed E-state index contributed by atoms with van der Waals surface area (Å²) in [5.41, 5.74) is 0.623. The van der Waals surface area contributed by atoms with E-state index in [9.17, 15) is 9.59 Å². The predicted molar refractivity (Wildman–Crippen MR) is 77.3 cm³/mol. The number of terminal acetylenes is 1. The first kappa shape index (κ1) is 14.7. The SMILES string of the molecule is C#CCC(NC(=O)N1CCCOc2ccccc21)C(=O)O. The van der Waals surface area contributed by atoms with Crippen molar-refractivity contribution in [2.75, 3.05) is 18.1 Å². The van der Waals surface area contributed by atoms with Gasteiger partial charge in [-0.05, 0) is 18.6 Å². The Labute approximate surface area is 122 Å². The minimum atomic E-state index is -1.15. The van der Waals surface area contributed by atoms with Gasteiger partial charge in [0.2, 0.25) is 0 Å². The maximum atomic E-state index is 12.3. The maximum absolute atomic E-state index is 12.3. The van der Waals surface area contributed by atoms with E-state index in [-0.39, 0.29) is 6.42 Å². The molecule has 1 unspecified atom stereocenters. The van der Waals surface area contributed by atoms with Crippen LogP contribution in [0.15, 0.2) is 24.3 Å². The molecule has 1 aliphatic rings. The lowest BCUT2D eigenvalue weighted by atomic mass is 10.2. The molecule has 1 aromatic carbocycles. The highest BCUT2D eigenvalue weighted by atomic mass is 16.5. The van der Waals surface area contributed by atoms with Gasteiger partial charge in [-0.2, -0.15) is 0 Å². The van der Waals surface area contributed by atoms with E-state index >= 15 is 0 Å². The number of ether oxygens (including phenoxy) is 1. The fourth-order valence-corrected chi connectivity index (χ4v) is 2.08. The van der Waals surface area contributed by atoms with Crippen LogP contribution in [0.2, 0.25) is 0 Å². The summed E-state index contributed by atoms with van der Waals surface area (Å²) >= 11 is 0. The second-order valence-electron chi connectivity index (χ2n) is 4.57. The van der Waals surface area contributed by atoms with Gasteiger partial charge in [-0.1, -0.05) is 12.1 Å². The molecule has 1 atom stereocenters. The monoisotopic (exact) mass is 288 g/mol. The van der Waals surface area contributed by atoms with Crippen LogP contribution < -0.4 is 15.0 Å². The Morgan fingerprint density at radius 1 is 1.48 bits per heavy atom. The van der Waals surface area contributed by atoms with Crippen molar-refractivity contribution in [1.82, 2.24) is 5.32 Å². The van der Waals surface area contributed by atoms with Gasteiger partial charge in [0.25, 0.3) is 0 Å². The Morgan fingerprint density at radius 2 is 2.24 bits per heavy atom. The summed E-state index contributed by atoms with van der Waals surface area (Å²) in [6.07, 6.45) is 5.72. The number of para-hydroxylation sites is 2. The number of carboxylic acid groups (broad SMARTS) is 1. The topological polar surface area (TPSA) is 78.9 Å². The molecule has 0 aromatic heterocycles. The van der Waals surface area contributed by atoms with E-state index in [0.717, 1.165) is 0 Å². The number of fused-ring (bicyclic) bond motifs is 1. The first-order valence-corrected chi connectivity index (χ1v) is 6.59. The second-order valence-corrected chi connectivity index (χ2v) is 4.57. The van der Waals surface area contributed by atoms with Crippen molar-refractivity contribution < 1.29 is 19.4 Å². The van der Waals surface area contributed by atoms with Gasteiger partial charge in [-0.15, -0.1) is 12.3 Å². The van der Waals surface area contributed by atoms with Crippen molar-refractivity contribution in [2.45, 2.75) is 18.9 Å². The summed E-state index contributed by atoms with van der Waals surface area (Å²) in [7, 11) is 0. The molecule has 0 fully saturated rings. The molecule has 21 heavy (non-hydrogen) atoms. The molecule has 2 amide bonds. The van der Waals surface area contributed by atoms with Crippen molar-refractivity contribution in [3.05, 3.63) is 24.3 Å². The standard InChI is InChI=1S/C15H16N2O4/c1-2-6-11(14(18)19)16-15(20)17-9-5-10-21-13-8-4-3-7-12(13)17/h1,3-4,7-8,11H,5-6,9-10H2,(H,16,20)(H,18,19). The van der Waals surface area contributed by atoms with Gasteiger partial charge in [0.15, 0.2) is 0 Å². The predicted octanol–water partition coefficient (Wildman–Crippen LogP) is 1.46. The molecule has 2 N–H and O–H groups in total. The molecule has 110 valence electrons. The smallest absolute Gasteiger partial charge is 0.327 e. The molecule has 0 saturated carbocycles. The molecule has 2 rings (SSSR count). The molecule has 0 aliphatic carbocycles. The Hall–Kier alpha value is -2.68. The first-order chi connectivity index (χ1) is 10.1. The number of carboxylic acids is 1. The number of rotatable bonds is 3. The van der Waals surface area contributed by atoms with Crippen LogP contribution in [0.25, 0.3) is 0 Å². The molecule has 1 aliphatic heterocycles. The van der Waals surface area contributed by atoms with Crippen LogP contribution in [0.4, 0.5) is 10.5 Å². The lowest BCUT2D eigenvalue weighted by molar-refractivity contribution is -0.139. The number of amides is 2. The highest BCUT2D eigenvalue weighted by Crippen LogP contribution is 2.30. The molecule has 0 spiro atoms. The Morgan fingerprint density at radius 3 is 2.95 bits per heavy atom. The molecule has 0 saturated heterocycles. The van der Waals surface area contributed by atoms with Gasteiger partial charge in [-0.25, -0.2) is 9.59 Å². The molecule has 0 bridgehead atoms. The Balaban J connectivity index is 2.19. The van der Waals surface area contributed by atoms with E-state index in [2.05, 4.69) is 11.2 Å². The second kappa shape index (κ2) is 6.66. The van der Waals surface area contributed by atoms with Crippen LogP contribution in [-0.2, 0) is 4.79 Å². The molecule has 6 nitrogen and oxygen atoms in total. The van der Waals surface area contributed by atoms with E-state index in [4.69, 9.17) is 16.3 Å². The van der Waals surface area contributed by atoms with Crippen LogP contribution in [-0.4, -0.2) is 36.3 Å². The molecule has 6 heteroatoms. The molecule has 1 aromatic rings. The maximum Gasteiger partial charge on any atom is 0.327 e. The normalized spacial score (nSPS) is 14.9. The largest absolute Gasteiger partial charge is 0.491 e. The number of benzene rings is 1. The Bertz CT molecular complexity index is 579. The number of urea groups is 1. The van der Waals surface area contributed by atoms with Crippen molar-refractivity contribution in [3.63, 3.8) is 0 Å². The Kier molecular flexibility index (Phi) is 4.67. The summed E-state index contributed by atoms with van der Waals surface area (Å²) in [5.74, 6) is 1.70. The number of hydrogen-bond acceptors (Lipinski definition) is 3. The summed E-state index contributed by atoms with van der Waals surface area (Å²) in [5, 5.41) is 11.5. The fourth-order valence-electron chi connectivity index (χ4n) is 2.08. The third kappa shape index (κ3) is 3.45. The van der Waals surface area contributed by atoms with Crippen LogP contribution >= 0.6 is 0 Å². The third-order valence-electron chi connectivity index (χ3n) is 3.10. The van der Waals surface area contributed by atoms with Gasteiger partial charge in [0.1, 0.15) is 11.8 Å². The van der Waals surface area contributed by atoms with Gasteiger partial charge >= 0.3 is 12.0 Å². The summed E-state index contributed by atoms with van der Waals surface area (Å²) in [4.78, 5) is 24.9. The number of hydrogen-bond donors (Lipinski definition) is 2. The van der Waals surface area contributed by atoms with Crippen LogP contribution in [0.5, 0.6) is 5.75 Å². The third-order valence-corrected chi connectivity index (χ3v) is 3.10.